The summed E-state index contributed by atoms with van der Waals surface area (Å²) in [4.78, 5) is 28.8. The lowest BCUT2D eigenvalue weighted by Crippen LogP contribution is -1.87. The summed E-state index contributed by atoms with van der Waals surface area (Å²) >= 11 is 0. The van der Waals surface area contributed by atoms with Gasteiger partial charge < -0.3 is 10.2 Å². The van der Waals surface area contributed by atoms with E-state index in [-0.39, 0.29) is 28.9 Å². The zero-order valence-corrected chi connectivity index (χ0v) is 13.5. The van der Waals surface area contributed by atoms with E-state index in [2.05, 4.69) is 9.97 Å². The van der Waals surface area contributed by atoms with Crippen LogP contribution in [0.3, 0.4) is 0 Å². The topological polar surface area (TPSA) is 100 Å². The van der Waals surface area contributed by atoms with Gasteiger partial charge in [-0.3, -0.25) is 9.59 Å². The normalized spacial score (nSPS) is 9.78. The molecule has 2 heterocycles. The molecule has 4 rings (SSSR count). The second kappa shape index (κ2) is 8.90. The molecule has 2 aromatic carbocycles. The lowest BCUT2D eigenvalue weighted by molar-refractivity contribution is 0.111. The first-order valence-corrected chi connectivity index (χ1v) is 7.70. The Balaban J connectivity index is 0.000000187. The number of para-hydroxylation sites is 2. The van der Waals surface area contributed by atoms with Gasteiger partial charge in [0.05, 0.1) is 0 Å². The van der Waals surface area contributed by atoms with E-state index in [9.17, 15) is 19.8 Å². The molecular formula is C20H17AlN2O4. The predicted octanol–water partition coefficient (Wildman–Crippen LogP) is 2.32. The van der Waals surface area contributed by atoms with Crippen LogP contribution in [0.25, 0.3) is 21.8 Å². The molecule has 0 unspecified atom stereocenters. The third-order valence-electron chi connectivity index (χ3n) is 3.68. The Morgan fingerprint density at radius 3 is 1.41 bits per heavy atom. The van der Waals surface area contributed by atoms with Crippen LogP contribution < -0.4 is 0 Å². The lowest BCUT2D eigenvalue weighted by Gasteiger charge is -1.99. The Hall–Kier alpha value is -3.27. The van der Waals surface area contributed by atoms with E-state index in [0.717, 1.165) is 10.8 Å². The summed E-state index contributed by atoms with van der Waals surface area (Å²) in [6.07, 6.45) is 1.32. The monoisotopic (exact) mass is 376 g/mol. The number of hydrogen-bond acceptors (Lipinski definition) is 6. The van der Waals surface area contributed by atoms with E-state index in [1.165, 1.54) is 0 Å². The zero-order chi connectivity index (χ0) is 18.5. The molecule has 0 aliphatic rings. The van der Waals surface area contributed by atoms with Crippen molar-refractivity contribution in [2.75, 3.05) is 0 Å². The highest BCUT2D eigenvalue weighted by Gasteiger charge is 2.01. The van der Waals surface area contributed by atoms with Crippen LogP contribution in [0.15, 0.2) is 60.7 Å². The fourth-order valence-corrected chi connectivity index (χ4v) is 2.42. The van der Waals surface area contributed by atoms with Crippen molar-refractivity contribution in [2.24, 2.45) is 0 Å². The van der Waals surface area contributed by atoms with Crippen LogP contribution in [0, 0.1) is 0 Å². The van der Waals surface area contributed by atoms with Gasteiger partial charge in [0.1, 0.15) is 33.9 Å². The van der Waals surface area contributed by atoms with Gasteiger partial charge >= 0.3 is 0 Å². The quantitative estimate of drug-likeness (QED) is 0.411. The summed E-state index contributed by atoms with van der Waals surface area (Å²) in [5.41, 5.74) is 1.59. The minimum absolute atomic E-state index is 0. The lowest BCUT2D eigenvalue weighted by atomic mass is 10.2. The average Bonchev–Trinajstić information content (AvgIpc) is 2.69. The standard InChI is InChI=1S/2C10H7NO2.Al.3H/c2*12-6-8-5-4-7-2-1-3-9(13)10(7)11-8;;;;/h2*1-6,13H;;;;. The third kappa shape index (κ3) is 4.47. The van der Waals surface area contributed by atoms with Crippen LogP contribution in [0.5, 0.6) is 11.5 Å². The van der Waals surface area contributed by atoms with Crippen molar-refractivity contribution in [2.45, 2.75) is 0 Å². The molecule has 0 saturated carbocycles. The second-order valence-corrected chi connectivity index (χ2v) is 5.41. The highest BCUT2D eigenvalue weighted by molar-refractivity contribution is 5.88. The van der Waals surface area contributed by atoms with Gasteiger partial charge in [-0.25, -0.2) is 9.97 Å². The first kappa shape index (κ1) is 20.0. The highest BCUT2D eigenvalue weighted by atomic mass is 27.0. The molecule has 2 N–H and O–H groups in total. The van der Waals surface area contributed by atoms with Crippen molar-refractivity contribution >= 4 is 51.7 Å². The maximum atomic E-state index is 10.4. The number of phenolic OH excluding ortho intramolecular Hbond substituents is 2. The highest BCUT2D eigenvalue weighted by Crippen LogP contribution is 2.22. The van der Waals surface area contributed by atoms with E-state index in [1.54, 1.807) is 48.5 Å². The van der Waals surface area contributed by atoms with Crippen LogP contribution >= 0.6 is 0 Å². The number of rotatable bonds is 2. The van der Waals surface area contributed by atoms with Crippen LogP contribution in [-0.2, 0) is 0 Å². The number of nitrogens with zero attached hydrogens (tertiary/aromatic N) is 2. The molecule has 0 atom stereocenters. The van der Waals surface area contributed by atoms with Crippen molar-refractivity contribution in [1.82, 2.24) is 9.97 Å². The molecule has 0 saturated heterocycles. The Bertz CT molecular complexity index is 1030. The van der Waals surface area contributed by atoms with Gasteiger partial charge in [-0.15, -0.1) is 0 Å². The van der Waals surface area contributed by atoms with E-state index in [0.29, 0.717) is 35.0 Å². The SMILES string of the molecule is O=Cc1ccc2cccc(O)c2n1.O=Cc1ccc2cccc(O)c2n1.[AlH3]. The van der Waals surface area contributed by atoms with Gasteiger partial charge in [0, 0.05) is 10.8 Å². The fraction of sp³-hybridized carbons (Fsp3) is 0. The van der Waals surface area contributed by atoms with E-state index in [1.807, 2.05) is 12.1 Å². The first-order chi connectivity index (χ1) is 12.6. The van der Waals surface area contributed by atoms with Crippen LogP contribution in [0.2, 0.25) is 0 Å². The number of aldehydes is 2. The molecule has 0 amide bonds. The molecule has 0 radical (unpaired) electrons. The molecule has 4 aromatic rings. The minimum Gasteiger partial charge on any atom is -0.506 e. The number of pyridine rings is 2. The summed E-state index contributed by atoms with van der Waals surface area (Å²) in [5.74, 6) is 0.197. The number of benzene rings is 2. The van der Waals surface area contributed by atoms with E-state index < -0.39 is 0 Å². The summed E-state index contributed by atoms with van der Waals surface area (Å²) in [7, 11) is 0. The molecule has 134 valence electrons. The number of hydrogen-bond donors (Lipinski definition) is 2. The number of carbonyl (C=O) groups excluding carboxylic acids is 2. The Morgan fingerprint density at radius 2 is 1.04 bits per heavy atom. The van der Waals surface area contributed by atoms with Gasteiger partial charge in [0.2, 0.25) is 0 Å². The summed E-state index contributed by atoms with van der Waals surface area (Å²) in [5, 5.41) is 20.5. The van der Waals surface area contributed by atoms with Crippen molar-refractivity contribution < 1.29 is 19.8 Å². The molecule has 7 heteroatoms. The van der Waals surface area contributed by atoms with Crippen molar-refractivity contribution in [3.63, 3.8) is 0 Å². The summed E-state index contributed by atoms with van der Waals surface area (Å²) in [6, 6.07) is 17.0. The maximum absolute atomic E-state index is 10.4. The number of phenols is 2. The van der Waals surface area contributed by atoms with Gasteiger partial charge in [0.25, 0.3) is 0 Å². The smallest absolute Gasteiger partial charge is 0.187 e. The molecule has 0 fully saturated rings. The largest absolute Gasteiger partial charge is 0.506 e. The van der Waals surface area contributed by atoms with Crippen LogP contribution in [0.1, 0.15) is 21.0 Å². The van der Waals surface area contributed by atoms with Gasteiger partial charge in [-0.2, -0.15) is 0 Å². The van der Waals surface area contributed by atoms with Crippen molar-refractivity contribution in [1.29, 1.82) is 0 Å². The first-order valence-electron chi connectivity index (χ1n) is 7.70. The molecule has 2 aromatic heterocycles. The molecule has 0 aliphatic carbocycles. The Morgan fingerprint density at radius 1 is 0.630 bits per heavy atom. The Kier molecular flexibility index (Phi) is 6.61. The average molecular weight is 376 g/mol. The molecule has 0 aliphatic heterocycles. The minimum atomic E-state index is 0. The maximum Gasteiger partial charge on any atom is 0.187 e. The van der Waals surface area contributed by atoms with Crippen LogP contribution in [0.4, 0.5) is 0 Å². The predicted molar refractivity (Wildman–Crippen MR) is 108 cm³/mol. The molecule has 0 bridgehead atoms. The number of aromatic nitrogens is 2. The summed E-state index contributed by atoms with van der Waals surface area (Å²) in [6.45, 7) is 0. The van der Waals surface area contributed by atoms with Crippen molar-refractivity contribution in [3.8, 4) is 11.5 Å². The molecular weight excluding hydrogens is 359 g/mol. The fourth-order valence-electron chi connectivity index (χ4n) is 2.42. The number of fused-ring (bicyclic) bond motifs is 2. The third-order valence-corrected chi connectivity index (χ3v) is 3.68. The van der Waals surface area contributed by atoms with Gasteiger partial charge in [-0.1, -0.05) is 36.4 Å². The van der Waals surface area contributed by atoms with E-state index >= 15 is 0 Å². The molecule has 6 nitrogen and oxygen atoms in total. The van der Waals surface area contributed by atoms with Crippen LogP contribution in [-0.4, -0.2) is 50.1 Å². The second-order valence-electron chi connectivity index (χ2n) is 5.41. The van der Waals surface area contributed by atoms with Crippen molar-refractivity contribution in [3.05, 3.63) is 72.1 Å². The van der Waals surface area contributed by atoms with E-state index in [4.69, 9.17) is 0 Å². The number of aromatic hydroxyl groups is 2. The Labute approximate surface area is 165 Å². The molecule has 27 heavy (non-hydrogen) atoms. The van der Waals surface area contributed by atoms with Gasteiger partial charge in [-0.05, 0) is 24.3 Å². The zero-order valence-electron chi connectivity index (χ0n) is 13.5. The number of carbonyl (C=O) groups is 2. The summed E-state index contributed by atoms with van der Waals surface area (Å²) < 4.78 is 0. The molecule has 0 spiro atoms. The van der Waals surface area contributed by atoms with Gasteiger partial charge in [0.15, 0.2) is 29.9 Å².